The maximum Gasteiger partial charge on any atom is 0.373 e. The summed E-state index contributed by atoms with van der Waals surface area (Å²) in [5.74, 6) is -4.29. The number of carbonyl (C=O) groups excluding carboxylic acids is 15. The van der Waals surface area contributed by atoms with Crippen molar-refractivity contribution in [2.75, 3.05) is 35.5 Å². The monoisotopic (exact) mass is 923 g/mol. The zero-order valence-corrected chi connectivity index (χ0v) is 34.5. The molecule has 0 radical (unpaired) electrons. The normalized spacial score (nSPS) is 16.9. The molecule has 0 aromatic heterocycles. The topological polar surface area (TPSA) is 321 Å². The van der Waals surface area contributed by atoms with E-state index in [2.05, 4.69) is 33.2 Å². The number of ether oxygens (including phenoxy) is 7. The summed E-state index contributed by atoms with van der Waals surface area (Å²) in [5.41, 5.74) is 0. The van der Waals surface area contributed by atoms with Crippen molar-refractivity contribution in [3.05, 3.63) is 97.2 Å². The van der Waals surface area contributed by atoms with E-state index in [1.54, 1.807) is 12.2 Å². The molecular formula is C42H58O22. The van der Waals surface area contributed by atoms with Crippen LogP contribution in [0.4, 0.5) is 0 Å². The number of hydrogen-bond donors (Lipinski definition) is 0. The number of rotatable bonds is 8. The molecule has 0 spiro atoms. The number of hydrogen-bond acceptors (Lipinski definition) is 22. The van der Waals surface area contributed by atoms with Gasteiger partial charge in [-0.25, -0.2) is 33.6 Å². The van der Waals surface area contributed by atoms with E-state index in [4.69, 9.17) is 37.7 Å². The Morgan fingerprint density at radius 1 is 0.516 bits per heavy atom. The van der Waals surface area contributed by atoms with E-state index in [-0.39, 0.29) is 74.9 Å². The lowest BCUT2D eigenvalue weighted by Crippen LogP contribution is -2.31. The van der Waals surface area contributed by atoms with Gasteiger partial charge >= 0.3 is 72.2 Å². The predicted octanol–water partition coefficient (Wildman–Crippen LogP) is 3.21. The largest absolute Gasteiger partial charge is 0.466 e. The highest BCUT2D eigenvalue weighted by Crippen LogP contribution is 2.39. The highest BCUT2D eigenvalue weighted by Gasteiger charge is 2.49. The van der Waals surface area contributed by atoms with Crippen LogP contribution >= 0.6 is 0 Å². The molecule has 64 heavy (non-hydrogen) atoms. The number of fused-ring (bicyclic) bond motifs is 1. The van der Waals surface area contributed by atoms with Crippen LogP contribution in [0, 0.1) is 23.7 Å². The highest BCUT2D eigenvalue weighted by atomic mass is 16.6. The molecule has 22 nitrogen and oxygen atoms in total. The SMILES string of the molecule is C.C.C/C=C\C=C/C(=O)OC.COC(=O)/C=C/C=C/C(=O)OC.COC(=O)/C=C\C=C\C(=O)OC.C[C@@H]1C=C[C@H](C)[C@@H]2C(=O)OC(=O)[C@@H]21.O=C1C=CC(=O)O1.O=C=O.O=C=O.O=C=O.[2H][3H].[2H][3H].[2H][3H]. The third-order valence-electron chi connectivity index (χ3n) is 6.23. The van der Waals surface area contributed by atoms with Gasteiger partial charge in [-0.1, -0.05) is 83.4 Å². The van der Waals surface area contributed by atoms with Gasteiger partial charge in [0.2, 0.25) is 0 Å². The third-order valence-corrected chi connectivity index (χ3v) is 6.23. The van der Waals surface area contributed by atoms with Crippen molar-refractivity contribution in [1.29, 1.82) is 0 Å². The average molecular weight is 924 g/mol. The van der Waals surface area contributed by atoms with Crippen LogP contribution in [0.3, 0.4) is 0 Å². The Labute approximate surface area is 378 Å². The number of cyclic esters (lactones) is 4. The summed E-state index contributed by atoms with van der Waals surface area (Å²) < 4.78 is 60.2. The van der Waals surface area contributed by atoms with E-state index in [9.17, 15) is 43.2 Å². The standard InChI is InChI=1S/C10H12O3.2C8H10O4.C7H10O2.C4H2O3.3CO2.2CH4.3H2/c1-5-3-4-6(2)8-7(5)9(11)13-10(8)12;2*1-11-7(9)5-3-4-6-8(10)12-2;1-3-4-5-6-7(8)9-2;5-3-1-2-4(6)7-3;3*2-1-3;;;;;/h3-8H,1-2H3;2*3-6H,1-2H3;3-6H,1-2H3;1-2H;;;;2*1H4;3*1H/b;5-3+,6-4+;5-3-,6-4+;4-3-,6-5-;;;;;;;;;/t5-,6+,7-,8+;;;;;;;;;;;;/i;;;;;;;;;;3*1+2D. The molecule has 4 atom stereocenters. The van der Waals surface area contributed by atoms with Crippen LogP contribution in [-0.2, 0) is 105 Å². The van der Waals surface area contributed by atoms with E-state index < -0.39 is 35.8 Å². The Morgan fingerprint density at radius 2 is 0.734 bits per heavy atom. The molecule has 22 heteroatoms. The molecule has 1 aliphatic carbocycles. The molecule has 3 aliphatic rings. The Morgan fingerprint density at radius 3 is 0.906 bits per heavy atom. The molecule has 0 amide bonds. The van der Waals surface area contributed by atoms with Gasteiger partial charge in [-0.2, -0.15) is 28.8 Å². The van der Waals surface area contributed by atoms with E-state index in [1.165, 1.54) is 90.2 Å². The van der Waals surface area contributed by atoms with Gasteiger partial charge in [-0.15, -0.1) is 0 Å². The Bertz CT molecular complexity index is 1670. The van der Waals surface area contributed by atoms with Crippen molar-refractivity contribution < 1.29 is 114 Å². The molecule has 0 saturated carbocycles. The van der Waals surface area contributed by atoms with Crippen LogP contribution < -0.4 is 0 Å². The molecule has 1 fully saturated rings. The van der Waals surface area contributed by atoms with Crippen molar-refractivity contribution in [2.45, 2.75) is 35.6 Å². The molecule has 358 valence electrons. The fourth-order valence-electron chi connectivity index (χ4n) is 3.63. The highest BCUT2D eigenvalue weighted by molar-refractivity contribution is 6.05. The first-order chi connectivity index (χ1) is 32.4. The minimum absolute atomic E-state index is 0. The van der Waals surface area contributed by atoms with Gasteiger partial charge in [0.15, 0.2) is 0 Å². The maximum atomic E-state index is 11.3. The van der Waals surface area contributed by atoms with E-state index in [0.717, 1.165) is 12.2 Å². The van der Waals surface area contributed by atoms with Crippen LogP contribution in [-0.4, -0.2) is 108 Å². The quantitative estimate of drug-likeness (QED) is 0.0842. The third kappa shape index (κ3) is 43.3. The van der Waals surface area contributed by atoms with Crippen molar-refractivity contribution in [3.8, 4) is 0 Å². The Hall–Kier alpha value is -8.31. The summed E-state index contributed by atoms with van der Waals surface area (Å²) in [4.78, 5) is 143. The molecule has 2 aliphatic heterocycles. The van der Waals surface area contributed by atoms with Crippen LogP contribution in [0.1, 0.15) is 44.5 Å². The van der Waals surface area contributed by atoms with Crippen molar-refractivity contribution in [3.63, 3.8) is 0 Å². The van der Waals surface area contributed by atoms with Crippen LogP contribution in [0.2, 0.25) is 0 Å². The molecule has 0 bridgehead atoms. The summed E-state index contributed by atoms with van der Waals surface area (Å²) in [7, 11) is 6.45. The lowest BCUT2D eigenvalue weighted by atomic mass is 9.73. The maximum absolute atomic E-state index is 11.3. The van der Waals surface area contributed by atoms with Gasteiger partial charge in [0.25, 0.3) is 0 Å². The Balaban J connectivity index is -0.0000000751. The lowest BCUT2D eigenvalue weighted by molar-refractivity contribution is -0.193. The summed E-state index contributed by atoms with van der Waals surface area (Å²) in [5, 5.41) is 0. The van der Waals surface area contributed by atoms with Crippen molar-refractivity contribution >= 4 is 72.2 Å². The fourth-order valence-corrected chi connectivity index (χ4v) is 3.63. The lowest BCUT2D eigenvalue weighted by Gasteiger charge is -2.26. The van der Waals surface area contributed by atoms with E-state index in [0.29, 0.717) is 0 Å². The van der Waals surface area contributed by atoms with Gasteiger partial charge in [-0.3, -0.25) is 9.59 Å². The number of carbonyl (C=O) groups is 9. The number of allylic oxidation sites excluding steroid dienone is 9. The molecule has 0 unspecified atom stereocenters. The molecule has 0 aromatic carbocycles. The second-order valence-corrected chi connectivity index (χ2v) is 10.2. The minimum Gasteiger partial charge on any atom is -0.466 e. The number of methoxy groups -OCH3 is 5. The first-order valence-corrected chi connectivity index (χ1v) is 16.6. The van der Waals surface area contributed by atoms with Gasteiger partial charge < -0.3 is 33.2 Å². The molecule has 0 aromatic rings. The number of esters is 9. The van der Waals surface area contributed by atoms with Gasteiger partial charge in [-0.05, 0) is 18.8 Å². The zero-order valence-electron chi connectivity index (χ0n) is 40.5. The zero-order chi connectivity index (χ0) is 54.9. The van der Waals surface area contributed by atoms with Crippen LogP contribution in [0.25, 0.3) is 0 Å². The second kappa shape index (κ2) is 49.1. The average Bonchev–Trinajstić information content (AvgIpc) is 3.89. The van der Waals surface area contributed by atoms with Gasteiger partial charge in [0, 0.05) is 51.4 Å². The Kier molecular flexibility index (Phi) is 47.8. The minimum atomic E-state index is -0.579. The van der Waals surface area contributed by atoms with Crippen molar-refractivity contribution in [2.24, 2.45) is 23.7 Å². The summed E-state index contributed by atoms with van der Waals surface area (Å²) >= 11 is 0. The molecule has 1 saturated heterocycles. The molecular weight excluding hydrogens is 856 g/mol. The first kappa shape index (κ1) is 62.3. The van der Waals surface area contributed by atoms with Crippen LogP contribution in [0.5, 0.6) is 0 Å². The summed E-state index contributed by atoms with van der Waals surface area (Å²) in [6.45, 7) is 5.77. The molecule has 2 heterocycles. The molecule has 0 N–H and O–H groups in total. The van der Waals surface area contributed by atoms with Crippen molar-refractivity contribution in [1.82, 2.24) is 0 Å². The second-order valence-electron chi connectivity index (χ2n) is 10.2. The fraction of sp³-hybridized carbons (Fsp3) is 0.333. The molecule has 3 rings (SSSR count). The van der Waals surface area contributed by atoms with E-state index >= 15 is 0 Å². The van der Waals surface area contributed by atoms with Gasteiger partial charge in [0.1, 0.15) is 0 Å². The van der Waals surface area contributed by atoms with Crippen LogP contribution in [0.15, 0.2) is 97.2 Å². The van der Waals surface area contributed by atoms with E-state index in [1.807, 2.05) is 39.0 Å². The first-order valence-electron chi connectivity index (χ1n) is 19.6. The predicted molar refractivity (Wildman–Crippen MR) is 221 cm³/mol. The van der Waals surface area contributed by atoms with Gasteiger partial charge in [0.05, 0.1) is 47.4 Å². The summed E-state index contributed by atoms with van der Waals surface area (Å²) in [6, 6.07) is 0. The summed E-state index contributed by atoms with van der Waals surface area (Å²) in [6.07, 6.45) is 23.8. The smallest absolute Gasteiger partial charge is 0.373 e.